The van der Waals surface area contributed by atoms with E-state index in [0.29, 0.717) is 11.4 Å². The number of hydrogen-bond acceptors (Lipinski definition) is 2. The largest absolute Gasteiger partial charge is 0.480 e. The van der Waals surface area contributed by atoms with E-state index in [2.05, 4.69) is 0 Å². The maximum Gasteiger partial charge on any atom is 0.316 e. The molecule has 14 heavy (non-hydrogen) atoms. The molecule has 1 atom stereocenters. The Kier molecular flexibility index (Phi) is 4.29. The topological polar surface area (TPSA) is 37.3 Å². The van der Waals surface area contributed by atoms with Gasteiger partial charge in [-0.2, -0.15) is 0 Å². The molecule has 0 spiro atoms. The molecule has 1 N–H and O–H groups in total. The zero-order chi connectivity index (χ0) is 10.6. The van der Waals surface area contributed by atoms with Crippen LogP contribution in [-0.2, 0) is 4.79 Å². The van der Waals surface area contributed by atoms with Crippen molar-refractivity contribution in [3.8, 4) is 0 Å². The number of benzene rings is 1. The SMILES string of the molecule is CCC(Sc1cccc(Cl)c1)C(=O)O. The Morgan fingerprint density at radius 3 is 2.86 bits per heavy atom. The Balaban J connectivity index is 2.72. The molecule has 0 aromatic heterocycles. The van der Waals surface area contributed by atoms with Crippen LogP contribution in [0.2, 0.25) is 5.02 Å². The Labute approximate surface area is 92.3 Å². The van der Waals surface area contributed by atoms with Crippen LogP contribution in [0.25, 0.3) is 0 Å². The van der Waals surface area contributed by atoms with E-state index in [4.69, 9.17) is 16.7 Å². The summed E-state index contributed by atoms with van der Waals surface area (Å²) in [4.78, 5) is 11.7. The van der Waals surface area contributed by atoms with E-state index in [9.17, 15) is 4.79 Å². The van der Waals surface area contributed by atoms with Gasteiger partial charge in [0.2, 0.25) is 0 Å². The summed E-state index contributed by atoms with van der Waals surface area (Å²) in [5.41, 5.74) is 0. The van der Waals surface area contributed by atoms with Crippen molar-refractivity contribution in [1.29, 1.82) is 0 Å². The number of carbonyl (C=O) groups is 1. The summed E-state index contributed by atoms with van der Waals surface area (Å²) in [6.07, 6.45) is 0.604. The normalized spacial score (nSPS) is 12.4. The highest BCUT2D eigenvalue weighted by atomic mass is 35.5. The predicted octanol–water partition coefficient (Wildman–Crippen LogP) is 3.30. The maximum atomic E-state index is 10.8. The van der Waals surface area contributed by atoms with Gasteiger partial charge in [0.15, 0.2) is 0 Å². The monoisotopic (exact) mass is 230 g/mol. The molecule has 1 aromatic carbocycles. The van der Waals surface area contributed by atoms with Crippen LogP contribution >= 0.6 is 23.4 Å². The third-order valence-electron chi connectivity index (χ3n) is 1.72. The van der Waals surface area contributed by atoms with Crippen molar-refractivity contribution in [3.63, 3.8) is 0 Å². The van der Waals surface area contributed by atoms with E-state index in [1.807, 2.05) is 19.1 Å². The lowest BCUT2D eigenvalue weighted by atomic mass is 10.3. The Morgan fingerprint density at radius 2 is 2.36 bits per heavy atom. The zero-order valence-corrected chi connectivity index (χ0v) is 9.31. The molecule has 0 aliphatic carbocycles. The molecule has 0 saturated carbocycles. The van der Waals surface area contributed by atoms with Gasteiger partial charge in [0.05, 0.1) is 0 Å². The summed E-state index contributed by atoms with van der Waals surface area (Å²) in [5.74, 6) is -0.780. The lowest BCUT2D eigenvalue weighted by Crippen LogP contribution is -2.14. The molecule has 0 fully saturated rings. The van der Waals surface area contributed by atoms with Gasteiger partial charge < -0.3 is 5.11 Å². The van der Waals surface area contributed by atoms with Crippen molar-refractivity contribution < 1.29 is 9.90 Å². The summed E-state index contributed by atoms with van der Waals surface area (Å²) in [7, 11) is 0. The first-order chi connectivity index (χ1) is 6.63. The summed E-state index contributed by atoms with van der Waals surface area (Å²) in [6, 6.07) is 7.23. The van der Waals surface area contributed by atoms with Crippen molar-refractivity contribution in [2.75, 3.05) is 0 Å². The number of carboxylic acid groups (broad SMARTS) is 1. The lowest BCUT2D eigenvalue weighted by Gasteiger charge is -2.08. The number of thioether (sulfide) groups is 1. The molecular weight excluding hydrogens is 220 g/mol. The van der Waals surface area contributed by atoms with E-state index in [0.717, 1.165) is 4.90 Å². The number of aliphatic carboxylic acids is 1. The smallest absolute Gasteiger partial charge is 0.316 e. The Bertz CT molecular complexity index is 328. The number of hydrogen-bond donors (Lipinski definition) is 1. The highest BCUT2D eigenvalue weighted by molar-refractivity contribution is 8.00. The average molecular weight is 231 g/mol. The van der Waals surface area contributed by atoms with Crippen LogP contribution in [0.1, 0.15) is 13.3 Å². The van der Waals surface area contributed by atoms with Crippen LogP contribution in [0.3, 0.4) is 0 Å². The highest BCUT2D eigenvalue weighted by Gasteiger charge is 2.16. The molecule has 76 valence electrons. The molecule has 1 aromatic rings. The second-order valence-electron chi connectivity index (χ2n) is 2.81. The molecule has 0 saturated heterocycles. The van der Waals surface area contributed by atoms with E-state index < -0.39 is 11.2 Å². The van der Waals surface area contributed by atoms with Crippen LogP contribution < -0.4 is 0 Å². The standard InChI is InChI=1S/C10H11ClO2S/c1-2-9(10(12)13)14-8-5-3-4-7(11)6-8/h3-6,9H,2H2,1H3,(H,12,13). The highest BCUT2D eigenvalue weighted by Crippen LogP contribution is 2.27. The minimum atomic E-state index is -0.780. The van der Waals surface area contributed by atoms with E-state index >= 15 is 0 Å². The minimum absolute atomic E-state index is 0.395. The van der Waals surface area contributed by atoms with Gasteiger partial charge >= 0.3 is 5.97 Å². The fraction of sp³-hybridized carbons (Fsp3) is 0.300. The van der Waals surface area contributed by atoms with Crippen molar-refractivity contribution in [2.24, 2.45) is 0 Å². The molecular formula is C10H11ClO2S. The second-order valence-corrected chi connectivity index (χ2v) is 4.52. The molecule has 0 aliphatic heterocycles. The van der Waals surface area contributed by atoms with Crippen LogP contribution in [0.15, 0.2) is 29.2 Å². The third kappa shape index (κ3) is 3.24. The quantitative estimate of drug-likeness (QED) is 0.807. The number of carboxylic acids is 1. The van der Waals surface area contributed by atoms with Gasteiger partial charge in [0.25, 0.3) is 0 Å². The van der Waals surface area contributed by atoms with E-state index in [1.165, 1.54) is 11.8 Å². The molecule has 0 amide bonds. The van der Waals surface area contributed by atoms with Crippen molar-refractivity contribution in [2.45, 2.75) is 23.5 Å². The first-order valence-corrected chi connectivity index (χ1v) is 5.54. The fourth-order valence-electron chi connectivity index (χ4n) is 1.01. The second kappa shape index (κ2) is 5.27. The van der Waals surface area contributed by atoms with Gasteiger partial charge in [0.1, 0.15) is 5.25 Å². The van der Waals surface area contributed by atoms with Gasteiger partial charge in [-0.05, 0) is 24.6 Å². The molecule has 0 heterocycles. The summed E-state index contributed by atoms with van der Waals surface area (Å²) >= 11 is 7.12. The lowest BCUT2D eigenvalue weighted by molar-refractivity contribution is -0.136. The van der Waals surface area contributed by atoms with Crippen LogP contribution in [0.5, 0.6) is 0 Å². The minimum Gasteiger partial charge on any atom is -0.480 e. The third-order valence-corrected chi connectivity index (χ3v) is 3.30. The van der Waals surface area contributed by atoms with Crippen LogP contribution in [-0.4, -0.2) is 16.3 Å². The van der Waals surface area contributed by atoms with Crippen molar-refractivity contribution in [1.82, 2.24) is 0 Å². The number of halogens is 1. The zero-order valence-electron chi connectivity index (χ0n) is 7.74. The molecule has 2 nitrogen and oxygen atoms in total. The predicted molar refractivity (Wildman–Crippen MR) is 59.0 cm³/mol. The van der Waals surface area contributed by atoms with E-state index in [-0.39, 0.29) is 0 Å². The maximum absolute atomic E-state index is 10.8. The molecule has 4 heteroatoms. The first-order valence-electron chi connectivity index (χ1n) is 4.28. The van der Waals surface area contributed by atoms with Crippen LogP contribution in [0.4, 0.5) is 0 Å². The first kappa shape index (κ1) is 11.4. The van der Waals surface area contributed by atoms with Crippen LogP contribution in [0, 0.1) is 0 Å². The molecule has 1 unspecified atom stereocenters. The summed E-state index contributed by atoms with van der Waals surface area (Å²) in [6.45, 7) is 1.86. The molecule has 0 aliphatic rings. The number of rotatable bonds is 4. The molecule has 0 bridgehead atoms. The summed E-state index contributed by atoms with van der Waals surface area (Å²) in [5, 5.41) is 9.09. The molecule has 1 rings (SSSR count). The van der Waals surface area contributed by atoms with Gasteiger partial charge in [-0.1, -0.05) is 24.6 Å². The molecule has 0 radical (unpaired) electrons. The van der Waals surface area contributed by atoms with E-state index in [1.54, 1.807) is 12.1 Å². The Morgan fingerprint density at radius 1 is 1.64 bits per heavy atom. The summed E-state index contributed by atoms with van der Waals surface area (Å²) < 4.78 is 0. The van der Waals surface area contributed by atoms with Crippen molar-refractivity contribution in [3.05, 3.63) is 29.3 Å². The van der Waals surface area contributed by atoms with Crippen molar-refractivity contribution >= 4 is 29.3 Å². The van der Waals surface area contributed by atoms with Gasteiger partial charge in [-0.25, -0.2) is 0 Å². The van der Waals surface area contributed by atoms with Gasteiger partial charge in [-0.15, -0.1) is 11.8 Å². The Hall–Kier alpha value is -0.670. The van der Waals surface area contributed by atoms with Gasteiger partial charge in [0, 0.05) is 9.92 Å². The average Bonchev–Trinajstić information content (AvgIpc) is 2.14. The fourth-order valence-corrected chi connectivity index (χ4v) is 2.22. The van der Waals surface area contributed by atoms with Gasteiger partial charge in [-0.3, -0.25) is 4.79 Å².